The van der Waals surface area contributed by atoms with Crippen LogP contribution in [-0.4, -0.2) is 16.6 Å². The van der Waals surface area contributed by atoms with Crippen LogP contribution in [0.15, 0.2) is 30.5 Å². The van der Waals surface area contributed by atoms with Crippen LogP contribution in [0.4, 0.5) is 8.78 Å². The van der Waals surface area contributed by atoms with E-state index >= 15 is 0 Å². The predicted octanol–water partition coefficient (Wildman–Crippen LogP) is 2.70. The smallest absolute Gasteiger partial charge is 0.387 e. The first-order chi connectivity index (χ1) is 8.56. The van der Waals surface area contributed by atoms with Gasteiger partial charge in [-0.05, 0) is 19.1 Å². The number of imidazole rings is 1. The van der Waals surface area contributed by atoms with Gasteiger partial charge in [0.25, 0.3) is 0 Å². The van der Waals surface area contributed by atoms with Crippen LogP contribution in [0.2, 0.25) is 0 Å². The van der Waals surface area contributed by atoms with E-state index in [0.29, 0.717) is 17.1 Å². The largest absolute Gasteiger partial charge is 0.435 e. The number of rotatable bonds is 4. The minimum absolute atomic E-state index is 0.111. The van der Waals surface area contributed by atoms with Crippen LogP contribution in [0.25, 0.3) is 11.3 Å². The molecule has 0 amide bonds. The molecule has 0 saturated carbocycles. The molecule has 0 saturated heterocycles. The van der Waals surface area contributed by atoms with E-state index in [4.69, 9.17) is 5.73 Å². The van der Waals surface area contributed by atoms with Gasteiger partial charge in [0.05, 0.1) is 17.9 Å². The van der Waals surface area contributed by atoms with Crippen molar-refractivity contribution in [2.45, 2.75) is 19.6 Å². The lowest BCUT2D eigenvalue weighted by Gasteiger charge is -2.05. The second-order valence-electron chi connectivity index (χ2n) is 3.88. The first-order valence-electron chi connectivity index (χ1n) is 5.42. The summed E-state index contributed by atoms with van der Waals surface area (Å²) in [6.07, 6.45) is 1.61. The van der Waals surface area contributed by atoms with Crippen molar-refractivity contribution in [1.82, 2.24) is 9.97 Å². The Labute approximate surface area is 103 Å². The molecule has 4 nitrogen and oxygen atoms in total. The normalized spacial score (nSPS) is 12.7. The summed E-state index contributed by atoms with van der Waals surface area (Å²) in [6.45, 7) is -1.03. The monoisotopic (exact) mass is 253 g/mol. The van der Waals surface area contributed by atoms with Crippen LogP contribution >= 0.6 is 0 Å². The van der Waals surface area contributed by atoms with Gasteiger partial charge in [-0.15, -0.1) is 0 Å². The fraction of sp³-hybridized carbons (Fsp3) is 0.250. The number of benzene rings is 1. The fourth-order valence-electron chi connectivity index (χ4n) is 1.55. The molecule has 0 spiro atoms. The van der Waals surface area contributed by atoms with Crippen molar-refractivity contribution in [2.24, 2.45) is 5.73 Å². The summed E-state index contributed by atoms with van der Waals surface area (Å²) >= 11 is 0. The van der Waals surface area contributed by atoms with Crippen molar-refractivity contribution in [3.8, 4) is 17.0 Å². The van der Waals surface area contributed by atoms with Crippen LogP contribution in [0.1, 0.15) is 18.8 Å². The summed E-state index contributed by atoms with van der Waals surface area (Å²) in [6, 6.07) is 6.19. The van der Waals surface area contributed by atoms with E-state index in [2.05, 4.69) is 14.7 Å². The van der Waals surface area contributed by atoms with Gasteiger partial charge in [-0.25, -0.2) is 4.98 Å². The molecule has 18 heavy (non-hydrogen) atoms. The molecule has 0 bridgehead atoms. The number of H-pyrrole nitrogens is 1. The van der Waals surface area contributed by atoms with Crippen molar-refractivity contribution >= 4 is 0 Å². The van der Waals surface area contributed by atoms with E-state index in [0.717, 1.165) is 0 Å². The fourth-order valence-corrected chi connectivity index (χ4v) is 1.55. The van der Waals surface area contributed by atoms with E-state index in [1.165, 1.54) is 12.1 Å². The van der Waals surface area contributed by atoms with E-state index in [-0.39, 0.29) is 11.8 Å². The van der Waals surface area contributed by atoms with Crippen molar-refractivity contribution in [2.75, 3.05) is 0 Å². The quantitative estimate of drug-likeness (QED) is 0.880. The second kappa shape index (κ2) is 5.14. The average molecular weight is 253 g/mol. The van der Waals surface area contributed by atoms with Gasteiger partial charge in [0.1, 0.15) is 11.6 Å². The summed E-state index contributed by atoms with van der Waals surface area (Å²) < 4.78 is 28.5. The molecule has 6 heteroatoms. The van der Waals surface area contributed by atoms with Gasteiger partial charge in [0.2, 0.25) is 0 Å². The van der Waals surface area contributed by atoms with Crippen LogP contribution in [0.5, 0.6) is 5.75 Å². The molecule has 0 radical (unpaired) electrons. The highest BCUT2D eigenvalue weighted by Gasteiger charge is 2.09. The van der Waals surface area contributed by atoms with Gasteiger partial charge in [-0.3, -0.25) is 0 Å². The van der Waals surface area contributed by atoms with Gasteiger partial charge in [0.15, 0.2) is 0 Å². The summed E-state index contributed by atoms with van der Waals surface area (Å²) in [5, 5.41) is 0. The van der Waals surface area contributed by atoms with Crippen molar-refractivity contribution in [1.29, 1.82) is 0 Å². The molecule has 2 aromatic rings. The molecule has 0 aliphatic heterocycles. The first kappa shape index (κ1) is 12.5. The molecule has 0 aliphatic carbocycles. The molecular formula is C12H13F2N3O. The van der Waals surface area contributed by atoms with Gasteiger partial charge in [-0.1, -0.05) is 12.1 Å². The standard InChI is InChI=1S/C12H13F2N3O/c1-7(15)11-16-6-10(17-11)8-3-2-4-9(5-8)18-12(13)14/h2-7,12H,15H2,1H3,(H,16,17). The summed E-state index contributed by atoms with van der Waals surface area (Å²) in [5.74, 6) is 0.754. The van der Waals surface area contributed by atoms with E-state index in [1.54, 1.807) is 25.3 Å². The summed E-state index contributed by atoms with van der Waals surface area (Å²) in [7, 11) is 0. The van der Waals surface area contributed by atoms with Gasteiger partial charge >= 0.3 is 6.61 Å². The summed E-state index contributed by atoms with van der Waals surface area (Å²) in [4.78, 5) is 7.14. The number of nitrogens with one attached hydrogen (secondary N) is 1. The highest BCUT2D eigenvalue weighted by atomic mass is 19.3. The Morgan fingerprint density at radius 1 is 1.39 bits per heavy atom. The maximum Gasteiger partial charge on any atom is 0.387 e. The van der Waals surface area contributed by atoms with Crippen LogP contribution in [-0.2, 0) is 0 Å². The van der Waals surface area contributed by atoms with Crippen LogP contribution < -0.4 is 10.5 Å². The van der Waals surface area contributed by atoms with Gasteiger partial charge < -0.3 is 15.5 Å². The minimum Gasteiger partial charge on any atom is -0.435 e. The molecule has 1 atom stereocenters. The zero-order valence-corrected chi connectivity index (χ0v) is 9.73. The molecule has 1 aromatic carbocycles. The second-order valence-corrected chi connectivity index (χ2v) is 3.88. The Kier molecular flexibility index (Phi) is 3.57. The van der Waals surface area contributed by atoms with Crippen LogP contribution in [0, 0.1) is 0 Å². The lowest BCUT2D eigenvalue weighted by Crippen LogP contribution is -2.06. The number of ether oxygens (including phenoxy) is 1. The molecule has 3 N–H and O–H groups in total. The van der Waals surface area contributed by atoms with Crippen molar-refractivity contribution in [3.05, 3.63) is 36.3 Å². The molecular weight excluding hydrogens is 240 g/mol. The Balaban J connectivity index is 2.26. The van der Waals surface area contributed by atoms with Crippen LogP contribution in [0.3, 0.4) is 0 Å². The number of aromatic amines is 1. The summed E-state index contributed by atoms with van der Waals surface area (Å²) in [5.41, 5.74) is 7.11. The maximum absolute atomic E-state index is 12.1. The molecule has 0 fully saturated rings. The molecule has 1 unspecified atom stereocenters. The predicted molar refractivity (Wildman–Crippen MR) is 63.3 cm³/mol. The Morgan fingerprint density at radius 2 is 2.17 bits per heavy atom. The van der Waals surface area contributed by atoms with E-state index in [9.17, 15) is 8.78 Å². The number of alkyl halides is 2. The zero-order valence-electron chi connectivity index (χ0n) is 9.73. The number of nitrogens with zero attached hydrogens (tertiary/aromatic N) is 1. The minimum atomic E-state index is -2.83. The molecule has 1 aromatic heterocycles. The molecule has 0 aliphatic rings. The molecule has 2 rings (SSSR count). The molecule has 1 heterocycles. The Morgan fingerprint density at radius 3 is 2.78 bits per heavy atom. The highest BCUT2D eigenvalue weighted by Crippen LogP contribution is 2.24. The zero-order chi connectivity index (χ0) is 13.1. The third-order valence-corrected chi connectivity index (χ3v) is 2.40. The number of nitrogens with two attached hydrogens (primary N) is 1. The topological polar surface area (TPSA) is 63.9 Å². The van der Waals surface area contributed by atoms with Crippen molar-refractivity contribution in [3.63, 3.8) is 0 Å². The maximum atomic E-state index is 12.1. The van der Waals surface area contributed by atoms with E-state index < -0.39 is 6.61 Å². The average Bonchev–Trinajstić information content (AvgIpc) is 2.77. The number of halogens is 2. The number of hydrogen-bond donors (Lipinski definition) is 2. The van der Waals surface area contributed by atoms with Gasteiger partial charge in [0, 0.05) is 5.56 Å². The highest BCUT2D eigenvalue weighted by molar-refractivity contribution is 5.60. The number of aromatic nitrogens is 2. The lowest BCUT2D eigenvalue weighted by molar-refractivity contribution is -0.0498. The SMILES string of the molecule is CC(N)c1ncc(-c2cccc(OC(F)F)c2)[nH]1. The number of hydrogen-bond acceptors (Lipinski definition) is 3. The third kappa shape index (κ3) is 2.84. The van der Waals surface area contributed by atoms with E-state index in [1.807, 2.05) is 0 Å². The van der Waals surface area contributed by atoms with Crippen molar-refractivity contribution < 1.29 is 13.5 Å². The molecule has 96 valence electrons. The van der Waals surface area contributed by atoms with Gasteiger partial charge in [-0.2, -0.15) is 8.78 Å². The third-order valence-electron chi connectivity index (χ3n) is 2.40. The first-order valence-corrected chi connectivity index (χ1v) is 5.42. The Bertz CT molecular complexity index is 526. The Hall–Kier alpha value is -1.95. The lowest BCUT2D eigenvalue weighted by atomic mass is 10.1.